The molecular formula is C21H16ClIN2O4S2. The van der Waals surface area contributed by atoms with E-state index in [1.165, 1.54) is 6.07 Å². The van der Waals surface area contributed by atoms with Crippen LogP contribution in [0.2, 0.25) is 5.02 Å². The molecule has 1 unspecified atom stereocenters. The Morgan fingerprint density at radius 2 is 1.77 bits per heavy atom. The van der Waals surface area contributed by atoms with Crippen molar-refractivity contribution in [1.82, 2.24) is 4.31 Å². The second-order valence-electron chi connectivity index (χ2n) is 6.84. The Kier molecular flexibility index (Phi) is 6.50. The Balaban J connectivity index is 1.75. The van der Waals surface area contributed by atoms with E-state index in [1.54, 1.807) is 60.0 Å². The Labute approximate surface area is 202 Å². The molecule has 2 heterocycles. The van der Waals surface area contributed by atoms with Crippen LogP contribution in [0.3, 0.4) is 0 Å². The van der Waals surface area contributed by atoms with Crippen LogP contribution >= 0.6 is 45.5 Å². The summed E-state index contributed by atoms with van der Waals surface area (Å²) in [5.74, 6) is -1.01. The molecule has 0 bridgehead atoms. The molecule has 3 aromatic rings. The van der Waals surface area contributed by atoms with Crippen molar-refractivity contribution in [2.75, 3.05) is 4.90 Å². The molecule has 1 fully saturated rings. The summed E-state index contributed by atoms with van der Waals surface area (Å²) in [7, 11) is -4.03. The molecule has 1 aliphatic heterocycles. The van der Waals surface area contributed by atoms with Crippen LogP contribution in [0.25, 0.3) is 0 Å². The number of hydrogen-bond donors (Lipinski definition) is 0. The van der Waals surface area contributed by atoms with Crippen molar-refractivity contribution >= 4 is 73.1 Å². The lowest BCUT2D eigenvalue weighted by molar-refractivity contribution is -0.122. The van der Waals surface area contributed by atoms with E-state index in [2.05, 4.69) is 22.6 Å². The van der Waals surface area contributed by atoms with Crippen LogP contribution < -0.4 is 4.90 Å². The van der Waals surface area contributed by atoms with Crippen LogP contribution in [0.15, 0.2) is 70.3 Å². The number of amides is 2. The predicted molar refractivity (Wildman–Crippen MR) is 129 cm³/mol. The molecule has 2 aromatic carbocycles. The Bertz CT molecular complexity index is 1230. The summed E-state index contributed by atoms with van der Waals surface area (Å²) in [4.78, 5) is 27.1. The van der Waals surface area contributed by atoms with E-state index in [1.807, 2.05) is 0 Å². The van der Waals surface area contributed by atoms with E-state index in [0.29, 0.717) is 16.3 Å². The molecule has 31 heavy (non-hydrogen) atoms. The first kappa shape index (κ1) is 22.4. The zero-order chi connectivity index (χ0) is 22.2. The zero-order valence-electron chi connectivity index (χ0n) is 15.9. The molecule has 1 aromatic heterocycles. The van der Waals surface area contributed by atoms with Gasteiger partial charge in [-0.3, -0.25) is 9.59 Å². The van der Waals surface area contributed by atoms with E-state index in [9.17, 15) is 18.0 Å². The number of rotatable bonds is 6. The van der Waals surface area contributed by atoms with Crippen LogP contribution in [0.5, 0.6) is 0 Å². The van der Waals surface area contributed by atoms with Gasteiger partial charge in [0, 0.05) is 15.1 Å². The molecule has 1 atom stereocenters. The second-order valence-corrected chi connectivity index (χ2v) is 11.6. The summed E-state index contributed by atoms with van der Waals surface area (Å²) in [5, 5.41) is 2.04. The maximum Gasteiger partial charge on any atom is 0.253 e. The fourth-order valence-electron chi connectivity index (χ4n) is 3.39. The van der Waals surface area contributed by atoms with E-state index in [0.717, 1.165) is 24.1 Å². The fraction of sp³-hybridized carbons (Fsp3) is 0.143. The standard InChI is InChI=1S/C21H16ClIN2O4S2/c22-17-5-2-1-4-14(17)13-24(31(28,29)20-6-3-11-30-20)18-12-19(26)25(21(18)27)16-9-7-15(23)8-10-16/h1-11,18H,12-13H2. The van der Waals surface area contributed by atoms with E-state index in [-0.39, 0.29) is 17.2 Å². The number of sulfonamides is 1. The summed E-state index contributed by atoms with van der Waals surface area (Å²) in [6.45, 7) is -0.121. The van der Waals surface area contributed by atoms with Crippen LogP contribution in [0.4, 0.5) is 5.69 Å². The number of hydrogen-bond acceptors (Lipinski definition) is 5. The molecule has 160 valence electrons. The van der Waals surface area contributed by atoms with Gasteiger partial charge >= 0.3 is 0 Å². The quantitative estimate of drug-likeness (QED) is 0.314. The fourth-order valence-corrected chi connectivity index (χ4v) is 6.62. The van der Waals surface area contributed by atoms with Gasteiger partial charge in [-0.15, -0.1) is 11.3 Å². The van der Waals surface area contributed by atoms with Crippen molar-refractivity contribution in [3.63, 3.8) is 0 Å². The van der Waals surface area contributed by atoms with E-state index in [4.69, 9.17) is 11.6 Å². The predicted octanol–water partition coefficient (Wildman–Crippen LogP) is 4.53. The van der Waals surface area contributed by atoms with Gasteiger partial charge < -0.3 is 0 Å². The van der Waals surface area contributed by atoms with Crippen molar-refractivity contribution in [2.45, 2.75) is 23.2 Å². The third kappa shape index (κ3) is 4.42. The van der Waals surface area contributed by atoms with Gasteiger partial charge in [-0.25, -0.2) is 13.3 Å². The van der Waals surface area contributed by atoms with Gasteiger partial charge in [-0.1, -0.05) is 35.9 Å². The summed E-state index contributed by atoms with van der Waals surface area (Å²) < 4.78 is 29.0. The van der Waals surface area contributed by atoms with Gasteiger partial charge in [-0.2, -0.15) is 4.31 Å². The highest BCUT2D eigenvalue weighted by Gasteiger charge is 2.47. The Morgan fingerprint density at radius 1 is 1.06 bits per heavy atom. The highest BCUT2D eigenvalue weighted by atomic mass is 127. The molecule has 4 rings (SSSR count). The molecule has 0 aliphatic carbocycles. The first-order chi connectivity index (χ1) is 14.8. The maximum absolute atomic E-state index is 13.4. The zero-order valence-corrected chi connectivity index (χ0v) is 20.5. The van der Waals surface area contributed by atoms with Gasteiger partial charge in [0.05, 0.1) is 12.1 Å². The molecule has 0 radical (unpaired) electrons. The normalized spacial score (nSPS) is 17.0. The number of benzene rings is 2. The van der Waals surface area contributed by atoms with E-state index >= 15 is 0 Å². The first-order valence-corrected chi connectivity index (χ1v) is 13.0. The van der Waals surface area contributed by atoms with Crippen LogP contribution in [0, 0.1) is 3.57 Å². The van der Waals surface area contributed by atoms with Crippen molar-refractivity contribution in [1.29, 1.82) is 0 Å². The van der Waals surface area contributed by atoms with Crippen LogP contribution in [-0.4, -0.2) is 30.6 Å². The first-order valence-electron chi connectivity index (χ1n) is 9.20. The lowest BCUT2D eigenvalue weighted by Gasteiger charge is -2.26. The van der Waals surface area contributed by atoms with Crippen molar-refractivity contribution in [2.24, 2.45) is 0 Å². The highest BCUT2D eigenvalue weighted by molar-refractivity contribution is 14.1. The van der Waals surface area contributed by atoms with E-state index < -0.39 is 27.9 Å². The average molecular weight is 587 g/mol. The summed E-state index contributed by atoms with van der Waals surface area (Å²) in [5.41, 5.74) is 0.974. The molecule has 2 amide bonds. The van der Waals surface area contributed by atoms with Crippen molar-refractivity contribution in [3.8, 4) is 0 Å². The molecule has 1 aliphatic rings. The number of halogens is 2. The average Bonchev–Trinajstić information content (AvgIpc) is 3.37. The minimum atomic E-state index is -4.03. The molecule has 0 N–H and O–H groups in total. The number of imide groups is 1. The number of anilines is 1. The molecule has 1 saturated heterocycles. The summed E-state index contributed by atoms with van der Waals surface area (Å²) >= 11 is 9.46. The largest absolute Gasteiger partial charge is 0.274 e. The van der Waals surface area contributed by atoms with Gasteiger partial charge in [-0.05, 0) is 69.9 Å². The van der Waals surface area contributed by atoms with Gasteiger partial charge in [0.25, 0.3) is 15.9 Å². The lowest BCUT2D eigenvalue weighted by Crippen LogP contribution is -2.44. The molecule has 10 heteroatoms. The Morgan fingerprint density at radius 3 is 2.42 bits per heavy atom. The molecule has 0 saturated carbocycles. The molecular weight excluding hydrogens is 571 g/mol. The van der Waals surface area contributed by atoms with Gasteiger partial charge in [0.1, 0.15) is 10.3 Å². The minimum absolute atomic E-state index is 0.104. The minimum Gasteiger partial charge on any atom is -0.274 e. The topological polar surface area (TPSA) is 74.8 Å². The highest BCUT2D eigenvalue weighted by Crippen LogP contribution is 2.33. The number of thiophene rings is 1. The monoisotopic (exact) mass is 586 g/mol. The number of nitrogens with zero attached hydrogens (tertiary/aromatic N) is 2. The summed E-state index contributed by atoms with van der Waals surface area (Å²) in [6, 6.07) is 15.7. The van der Waals surface area contributed by atoms with Gasteiger partial charge in [0.2, 0.25) is 5.91 Å². The van der Waals surface area contributed by atoms with Crippen LogP contribution in [0.1, 0.15) is 12.0 Å². The van der Waals surface area contributed by atoms with Crippen LogP contribution in [-0.2, 0) is 26.2 Å². The SMILES string of the molecule is O=C1CC(N(Cc2ccccc2Cl)S(=O)(=O)c2cccs2)C(=O)N1c1ccc(I)cc1. The third-order valence-corrected chi connectivity index (χ3v) is 9.21. The third-order valence-electron chi connectivity index (χ3n) is 4.90. The smallest absolute Gasteiger partial charge is 0.253 e. The number of carbonyl (C=O) groups is 2. The maximum atomic E-state index is 13.4. The van der Waals surface area contributed by atoms with Crippen molar-refractivity contribution in [3.05, 3.63) is 80.2 Å². The molecule has 0 spiro atoms. The van der Waals surface area contributed by atoms with Crippen molar-refractivity contribution < 1.29 is 18.0 Å². The molecule has 6 nitrogen and oxygen atoms in total. The second kappa shape index (κ2) is 8.99. The Hall–Kier alpha value is -1.79. The van der Waals surface area contributed by atoms with Gasteiger partial charge in [0.15, 0.2) is 0 Å². The lowest BCUT2D eigenvalue weighted by atomic mass is 10.2. The number of carbonyl (C=O) groups excluding carboxylic acids is 2. The summed E-state index contributed by atoms with van der Waals surface area (Å²) in [6.07, 6.45) is -0.236.